The lowest BCUT2D eigenvalue weighted by molar-refractivity contribution is -0.385. The molecule has 0 radical (unpaired) electrons. The van der Waals surface area contributed by atoms with Gasteiger partial charge in [0.2, 0.25) is 5.72 Å². The molecule has 84 valence electrons. The van der Waals surface area contributed by atoms with E-state index in [9.17, 15) is 20.4 Å². The Morgan fingerprint density at radius 3 is 2.14 bits per heavy atom. The van der Waals surface area contributed by atoms with Gasteiger partial charge < -0.3 is 30.3 Å². The van der Waals surface area contributed by atoms with E-state index in [0.29, 0.717) is 0 Å². The number of rotatable bonds is 1. The first-order chi connectivity index (χ1) is 6.24. The molecular weight excluding hydrogens is 196 g/mol. The Kier molecular flexibility index (Phi) is 2.82. The van der Waals surface area contributed by atoms with Crippen LogP contribution in [0.15, 0.2) is 0 Å². The zero-order valence-corrected chi connectivity index (χ0v) is 7.24. The van der Waals surface area contributed by atoms with E-state index < -0.39 is 36.6 Å². The quantitative estimate of drug-likeness (QED) is 0.212. The van der Waals surface area contributed by atoms with Crippen LogP contribution in [0.25, 0.3) is 0 Å². The molecule has 0 bridgehead atoms. The number of aliphatic hydroxyl groups excluding tert-OH is 3. The maximum absolute atomic E-state index is 9.34. The number of aliphatic hydroxyl groups is 5. The van der Waals surface area contributed by atoms with Crippen molar-refractivity contribution in [1.29, 1.82) is 0 Å². The molecule has 0 aromatic rings. The van der Waals surface area contributed by atoms with Crippen LogP contribution in [0.1, 0.15) is 0 Å². The average Bonchev–Trinajstić information content (AvgIpc) is 2.09. The predicted molar refractivity (Wildman–Crippen MR) is 42.2 cm³/mol. The molecule has 1 aliphatic heterocycles. The summed E-state index contributed by atoms with van der Waals surface area (Å²) in [5.74, 6) is -2.74. The molecule has 9 N–H and O–H groups in total. The summed E-state index contributed by atoms with van der Waals surface area (Å²) >= 11 is 0. The molecule has 0 aromatic heterocycles. The zero-order chi connectivity index (χ0) is 11.1. The van der Waals surface area contributed by atoms with Crippen molar-refractivity contribution in [2.24, 2.45) is 11.5 Å². The van der Waals surface area contributed by atoms with Gasteiger partial charge in [0.1, 0.15) is 18.3 Å². The Morgan fingerprint density at radius 2 is 1.71 bits per heavy atom. The van der Waals surface area contributed by atoms with Gasteiger partial charge in [-0.3, -0.25) is 11.5 Å². The van der Waals surface area contributed by atoms with Crippen molar-refractivity contribution < 1.29 is 30.3 Å². The van der Waals surface area contributed by atoms with Crippen LogP contribution in [0.5, 0.6) is 0 Å². The monoisotopic (exact) mass is 210 g/mol. The summed E-state index contributed by atoms with van der Waals surface area (Å²) in [5, 5.41) is 45.9. The molecule has 8 heteroatoms. The Hall–Kier alpha value is -0.320. The Morgan fingerprint density at radius 1 is 1.21 bits per heavy atom. The first-order valence-electron chi connectivity index (χ1n) is 3.91. The van der Waals surface area contributed by atoms with Gasteiger partial charge in [-0.15, -0.1) is 0 Å². The van der Waals surface area contributed by atoms with Crippen molar-refractivity contribution in [2.75, 3.05) is 6.61 Å². The molecule has 1 heterocycles. The summed E-state index contributed by atoms with van der Waals surface area (Å²) in [4.78, 5) is 0. The molecule has 5 atom stereocenters. The zero-order valence-electron chi connectivity index (χ0n) is 7.24. The van der Waals surface area contributed by atoms with Crippen molar-refractivity contribution in [3.63, 3.8) is 0 Å². The van der Waals surface area contributed by atoms with Crippen LogP contribution >= 0.6 is 0 Å². The van der Waals surface area contributed by atoms with Crippen LogP contribution in [-0.2, 0) is 4.74 Å². The van der Waals surface area contributed by atoms with Gasteiger partial charge in [-0.25, -0.2) is 0 Å². The third-order valence-corrected chi connectivity index (χ3v) is 2.24. The largest absolute Gasteiger partial charge is 0.394 e. The summed E-state index contributed by atoms with van der Waals surface area (Å²) in [6, 6.07) is 0. The predicted octanol–water partition coefficient (Wildman–Crippen LogP) is -4.65. The van der Waals surface area contributed by atoms with Crippen LogP contribution in [-0.4, -0.2) is 62.1 Å². The lowest BCUT2D eigenvalue weighted by Gasteiger charge is -2.48. The van der Waals surface area contributed by atoms with Crippen LogP contribution in [0.3, 0.4) is 0 Å². The highest BCUT2D eigenvalue weighted by molar-refractivity contribution is 5.01. The SMILES string of the molecule is N[C@]1(O)[C@@H](O)[C@@H](O)[C@@H](CO)O[C@@]1(N)O. The van der Waals surface area contributed by atoms with Gasteiger partial charge in [0.05, 0.1) is 6.61 Å². The maximum Gasteiger partial charge on any atom is 0.270 e. The lowest BCUT2D eigenvalue weighted by atomic mass is 9.92. The third kappa shape index (κ3) is 1.51. The molecule has 0 amide bonds. The van der Waals surface area contributed by atoms with Crippen LogP contribution in [0, 0.1) is 0 Å². The van der Waals surface area contributed by atoms with E-state index in [4.69, 9.17) is 16.6 Å². The second kappa shape index (κ2) is 3.36. The Labute approximate surface area is 79.3 Å². The highest BCUT2D eigenvalue weighted by atomic mass is 16.7. The van der Waals surface area contributed by atoms with Gasteiger partial charge in [0.15, 0.2) is 0 Å². The summed E-state index contributed by atoms with van der Waals surface area (Å²) in [7, 11) is 0. The van der Waals surface area contributed by atoms with Crippen LogP contribution in [0.2, 0.25) is 0 Å². The van der Waals surface area contributed by atoms with Crippen LogP contribution in [0.4, 0.5) is 0 Å². The topological polar surface area (TPSA) is 162 Å². The van der Waals surface area contributed by atoms with E-state index in [-0.39, 0.29) is 0 Å². The minimum atomic E-state index is -2.74. The van der Waals surface area contributed by atoms with Crippen molar-refractivity contribution in [2.45, 2.75) is 29.9 Å². The van der Waals surface area contributed by atoms with Crippen LogP contribution < -0.4 is 11.5 Å². The van der Waals surface area contributed by atoms with Gasteiger partial charge >= 0.3 is 0 Å². The summed E-state index contributed by atoms with van der Waals surface area (Å²) in [5.41, 5.74) is 7.41. The van der Waals surface area contributed by atoms with Crippen molar-refractivity contribution in [3.8, 4) is 0 Å². The summed E-state index contributed by atoms with van der Waals surface area (Å²) in [6.07, 6.45) is -4.88. The van der Waals surface area contributed by atoms with Crippen molar-refractivity contribution in [1.82, 2.24) is 0 Å². The minimum Gasteiger partial charge on any atom is -0.394 e. The highest BCUT2D eigenvalue weighted by Crippen LogP contribution is 2.29. The normalized spacial score (nSPS) is 54.6. The molecule has 14 heavy (non-hydrogen) atoms. The molecule has 1 aliphatic rings. The maximum atomic E-state index is 9.34. The Bertz CT molecular complexity index is 220. The van der Waals surface area contributed by atoms with Gasteiger partial charge in [-0.1, -0.05) is 0 Å². The average molecular weight is 210 g/mol. The minimum absolute atomic E-state index is 0.687. The third-order valence-electron chi connectivity index (χ3n) is 2.24. The number of hydrogen-bond acceptors (Lipinski definition) is 8. The number of ether oxygens (including phenoxy) is 1. The van der Waals surface area contributed by atoms with E-state index in [0.717, 1.165) is 0 Å². The summed E-state index contributed by atoms with van der Waals surface area (Å²) in [6.45, 7) is -0.687. The Balaban J connectivity index is 2.95. The molecule has 0 aliphatic carbocycles. The van der Waals surface area contributed by atoms with E-state index >= 15 is 0 Å². The fourth-order valence-electron chi connectivity index (χ4n) is 1.22. The fraction of sp³-hybridized carbons (Fsp3) is 1.00. The first kappa shape index (κ1) is 11.8. The van der Waals surface area contributed by atoms with Crippen molar-refractivity contribution in [3.05, 3.63) is 0 Å². The molecule has 0 unspecified atom stereocenters. The van der Waals surface area contributed by atoms with Gasteiger partial charge in [0, 0.05) is 0 Å². The fourth-order valence-corrected chi connectivity index (χ4v) is 1.22. The standard InChI is InChI=1S/C6H14N2O6/c7-5(12)4(11)3(10)2(1-9)14-6(5,8)13/h2-4,9-13H,1,7-8H2/t2-,3+,4+,5+,6+/m1/s1. The number of hydrogen-bond donors (Lipinski definition) is 7. The second-order valence-electron chi connectivity index (χ2n) is 3.30. The molecule has 1 rings (SSSR count). The van der Waals surface area contributed by atoms with Crippen molar-refractivity contribution >= 4 is 0 Å². The smallest absolute Gasteiger partial charge is 0.270 e. The molecule has 1 saturated heterocycles. The summed E-state index contributed by atoms with van der Waals surface area (Å²) < 4.78 is 4.52. The van der Waals surface area contributed by atoms with E-state index in [2.05, 4.69) is 4.74 Å². The molecule has 1 fully saturated rings. The molecule has 0 spiro atoms. The van der Waals surface area contributed by atoms with E-state index in [1.165, 1.54) is 0 Å². The molecule has 0 aromatic carbocycles. The van der Waals surface area contributed by atoms with E-state index in [1.807, 2.05) is 0 Å². The van der Waals surface area contributed by atoms with Gasteiger partial charge in [-0.2, -0.15) is 0 Å². The molecular formula is C6H14N2O6. The first-order valence-corrected chi connectivity index (χ1v) is 3.91. The number of nitrogens with two attached hydrogens (primary N) is 2. The molecule has 8 nitrogen and oxygen atoms in total. The van der Waals surface area contributed by atoms with Gasteiger partial charge in [0.25, 0.3) is 5.91 Å². The van der Waals surface area contributed by atoms with E-state index in [1.54, 1.807) is 0 Å². The molecule has 0 saturated carbocycles. The lowest BCUT2D eigenvalue weighted by Crippen LogP contribution is -2.80. The van der Waals surface area contributed by atoms with Gasteiger partial charge in [-0.05, 0) is 0 Å². The highest BCUT2D eigenvalue weighted by Gasteiger charge is 2.60. The second-order valence-corrected chi connectivity index (χ2v) is 3.30.